The van der Waals surface area contributed by atoms with Crippen LogP contribution >= 0.6 is 0 Å². The van der Waals surface area contributed by atoms with Crippen LogP contribution in [0.3, 0.4) is 0 Å². The molecule has 4 rings (SSSR count). The standard InChI is InChI=1S/C28H28O5/c1-30-28-27(32-20-23-15-9-4-10-16-23)26(31-19-22-13-7-3-8-14-22)25(29)24(33-28)18-17-21-11-5-2-6-12-21/h2-16,24-29H,19-20H2,1H3/t24-,25+,26-,27+,28+/m0/s1. The number of aliphatic hydroxyl groups is 1. The van der Waals surface area contributed by atoms with Gasteiger partial charge in [-0.15, -0.1) is 0 Å². The minimum Gasteiger partial charge on any atom is -0.387 e. The second kappa shape index (κ2) is 11.8. The number of methoxy groups -OCH3 is 1. The Labute approximate surface area is 194 Å². The number of hydrogen-bond acceptors (Lipinski definition) is 5. The molecule has 33 heavy (non-hydrogen) atoms. The zero-order chi connectivity index (χ0) is 22.9. The summed E-state index contributed by atoms with van der Waals surface area (Å²) >= 11 is 0. The highest BCUT2D eigenvalue weighted by Gasteiger charge is 2.46. The lowest BCUT2D eigenvalue weighted by molar-refractivity contribution is -0.300. The molecule has 5 nitrogen and oxygen atoms in total. The van der Waals surface area contributed by atoms with Crippen LogP contribution in [0.5, 0.6) is 0 Å². The minimum absolute atomic E-state index is 0.322. The fraction of sp³-hybridized carbons (Fsp3) is 0.286. The maximum absolute atomic E-state index is 11.2. The highest BCUT2D eigenvalue weighted by Crippen LogP contribution is 2.28. The molecule has 0 unspecified atom stereocenters. The summed E-state index contributed by atoms with van der Waals surface area (Å²) in [5.41, 5.74) is 2.85. The van der Waals surface area contributed by atoms with Crippen molar-refractivity contribution in [2.75, 3.05) is 7.11 Å². The van der Waals surface area contributed by atoms with Crippen LogP contribution in [0.2, 0.25) is 0 Å². The van der Waals surface area contributed by atoms with Gasteiger partial charge in [-0.1, -0.05) is 90.7 Å². The first-order valence-electron chi connectivity index (χ1n) is 11.0. The smallest absolute Gasteiger partial charge is 0.187 e. The number of benzene rings is 3. The first-order chi connectivity index (χ1) is 16.2. The molecule has 0 radical (unpaired) electrons. The third-order valence-corrected chi connectivity index (χ3v) is 5.45. The maximum atomic E-state index is 11.2. The summed E-state index contributed by atoms with van der Waals surface area (Å²) in [6.07, 6.45) is -3.87. The third-order valence-electron chi connectivity index (χ3n) is 5.45. The molecule has 3 aromatic carbocycles. The van der Waals surface area contributed by atoms with Crippen molar-refractivity contribution in [2.45, 2.75) is 43.9 Å². The number of aliphatic hydroxyl groups excluding tert-OH is 1. The van der Waals surface area contributed by atoms with Crippen molar-refractivity contribution < 1.29 is 24.1 Å². The van der Waals surface area contributed by atoms with Gasteiger partial charge in [-0.25, -0.2) is 0 Å². The lowest BCUT2D eigenvalue weighted by Crippen LogP contribution is -2.59. The van der Waals surface area contributed by atoms with E-state index in [9.17, 15) is 5.11 Å². The van der Waals surface area contributed by atoms with Gasteiger partial charge in [0.05, 0.1) is 13.2 Å². The average Bonchev–Trinajstić information content (AvgIpc) is 2.88. The lowest BCUT2D eigenvalue weighted by atomic mass is 9.98. The van der Waals surface area contributed by atoms with E-state index < -0.39 is 30.7 Å². The molecule has 1 aliphatic heterocycles. The summed E-state index contributed by atoms with van der Waals surface area (Å²) in [6, 6.07) is 29.2. The van der Waals surface area contributed by atoms with Crippen molar-refractivity contribution in [3.05, 3.63) is 108 Å². The Kier molecular flexibility index (Phi) is 8.26. The summed E-state index contributed by atoms with van der Waals surface area (Å²) in [5.74, 6) is 6.11. The highest BCUT2D eigenvalue weighted by atomic mass is 16.7. The minimum atomic E-state index is -1.02. The molecule has 0 aromatic heterocycles. The second-order valence-corrected chi connectivity index (χ2v) is 7.81. The molecule has 1 fully saturated rings. The van der Waals surface area contributed by atoms with Crippen molar-refractivity contribution >= 4 is 0 Å². The van der Waals surface area contributed by atoms with Crippen LogP contribution in [0, 0.1) is 11.8 Å². The largest absolute Gasteiger partial charge is 0.387 e. The fourth-order valence-electron chi connectivity index (χ4n) is 3.71. The van der Waals surface area contributed by atoms with E-state index in [0.29, 0.717) is 13.2 Å². The Morgan fingerprint density at radius 1 is 0.758 bits per heavy atom. The zero-order valence-corrected chi connectivity index (χ0v) is 18.5. The summed E-state index contributed by atoms with van der Waals surface area (Å²) in [7, 11) is 1.55. The molecule has 170 valence electrons. The van der Waals surface area contributed by atoms with Gasteiger partial charge in [-0.2, -0.15) is 0 Å². The Hall–Kier alpha value is -2.98. The van der Waals surface area contributed by atoms with E-state index in [1.54, 1.807) is 7.11 Å². The molecule has 0 bridgehead atoms. The second-order valence-electron chi connectivity index (χ2n) is 7.81. The quantitative estimate of drug-likeness (QED) is 0.560. The summed E-state index contributed by atoms with van der Waals surface area (Å²) in [5, 5.41) is 11.2. The van der Waals surface area contributed by atoms with Crippen LogP contribution in [0.15, 0.2) is 91.0 Å². The van der Waals surface area contributed by atoms with Gasteiger partial charge in [-0.05, 0) is 23.3 Å². The number of ether oxygens (including phenoxy) is 4. The normalized spacial score (nSPS) is 24.6. The van der Waals surface area contributed by atoms with Crippen molar-refractivity contribution in [1.82, 2.24) is 0 Å². The van der Waals surface area contributed by atoms with Crippen LogP contribution < -0.4 is 0 Å². The molecule has 5 atom stereocenters. The van der Waals surface area contributed by atoms with E-state index in [1.807, 2.05) is 91.0 Å². The molecule has 1 N–H and O–H groups in total. The molecule has 3 aromatic rings. The van der Waals surface area contributed by atoms with Gasteiger partial charge in [0.2, 0.25) is 0 Å². The topological polar surface area (TPSA) is 57.2 Å². The molecule has 5 heteroatoms. The van der Waals surface area contributed by atoms with Gasteiger partial charge in [0.1, 0.15) is 24.4 Å². The fourth-order valence-corrected chi connectivity index (χ4v) is 3.71. The molecular formula is C28H28O5. The lowest BCUT2D eigenvalue weighted by Gasteiger charge is -2.42. The van der Waals surface area contributed by atoms with Crippen LogP contribution in [-0.4, -0.2) is 42.9 Å². The van der Waals surface area contributed by atoms with E-state index in [0.717, 1.165) is 16.7 Å². The van der Waals surface area contributed by atoms with Crippen molar-refractivity contribution in [3.63, 3.8) is 0 Å². The number of hydrogen-bond donors (Lipinski definition) is 1. The Morgan fingerprint density at radius 3 is 1.82 bits per heavy atom. The first kappa shape index (κ1) is 23.2. The van der Waals surface area contributed by atoms with Gasteiger partial charge in [0.15, 0.2) is 6.29 Å². The monoisotopic (exact) mass is 444 g/mol. The van der Waals surface area contributed by atoms with Gasteiger partial charge in [-0.3, -0.25) is 0 Å². The molecule has 1 saturated heterocycles. The molecule has 1 aliphatic rings. The summed E-state index contributed by atoms with van der Waals surface area (Å²) < 4.78 is 24.0. The van der Waals surface area contributed by atoms with Gasteiger partial charge in [0.25, 0.3) is 0 Å². The first-order valence-corrected chi connectivity index (χ1v) is 11.0. The predicted octanol–water partition coefficient (Wildman–Crippen LogP) is 3.94. The Bertz CT molecular complexity index is 1030. The van der Waals surface area contributed by atoms with Crippen LogP contribution in [-0.2, 0) is 32.2 Å². The Balaban J connectivity index is 1.54. The van der Waals surface area contributed by atoms with E-state index in [2.05, 4.69) is 11.8 Å². The van der Waals surface area contributed by atoms with Gasteiger partial charge < -0.3 is 24.1 Å². The van der Waals surface area contributed by atoms with Crippen molar-refractivity contribution in [2.24, 2.45) is 0 Å². The van der Waals surface area contributed by atoms with Crippen molar-refractivity contribution in [3.8, 4) is 11.8 Å². The third kappa shape index (κ3) is 6.29. The predicted molar refractivity (Wildman–Crippen MR) is 125 cm³/mol. The SMILES string of the molecule is CO[C@@H]1O[C@@H](C#Cc2ccccc2)[C@@H](O)[C@H](OCc2ccccc2)[C@H]1OCc1ccccc1. The maximum Gasteiger partial charge on any atom is 0.187 e. The zero-order valence-electron chi connectivity index (χ0n) is 18.5. The molecule has 0 spiro atoms. The van der Waals surface area contributed by atoms with Crippen LogP contribution in [0.1, 0.15) is 16.7 Å². The summed E-state index contributed by atoms with van der Waals surface area (Å²) in [6.45, 7) is 0.663. The summed E-state index contributed by atoms with van der Waals surface area (Å²) in [4.78, 5) is 0. The molecular weight excluding hydrogens is 416 g/mol. The molecule has 1 heterocycles. The van der Waals surface area contributed by atoms with Gasteiger partial charge in [0, 0.05) is 12.7 Å². The Morgan fingerprint density at radius 2 is 1.27 bits per heavy atom. The van der Waals surface area contributed by atoms with E-state index in [4.69, 9.17) is 18.9 Å². The van der Waals surface area contributed by atoms with Crippen molar-refractivity contribution in [1.29, 1.82) is 0 Å². The molecule has 0 aliphatic carbocycles. The van der Waals surface area contributed by atoms with E-state index >= 15 is 0 Å². The number of rotatable bonds is 7. The molecule has 0 amide bonds. The average molecular weight is 445 g/mol. The van der Waals surface area contributed by atoms with Gasteiger partial charge >= 0.3 is 0 Å². The highest BCUT2D eigenvalue weighted by molar-refractivity contribution is 5.35. The van der Waals surface area contributed by atoms with Crippen LogP contribution in [0.4, 0.5) is 0 Å². The van der Waals surface area contributed by atoms with E-state index in [1.165, 1.54) is 0 Å². The van der Waals surface area contributed by atoms with Crippen LogP contribution in [0.25, 0.3) is 0 Å². The van der Waals surface area contributed by atoms with E-state index in [-0.39, 0.29) is 0 Å². The molecule has 0 saturated carbocycles.